The first-order valence-corrected chi connectivity index (χ1v) is 7.32. The highest BCUT2D eigenvalue weighted by Gasteiger charge is 2.22. The molecule has 0 saturated carbocycles. The minimum atomic E-state index is 0.134. The zero-order valence-electron chi connectivity index (χ0n) is 13.4. The molecule has 0 spiro atoms. The Morgan fingerprint density at radius 2 is 1.95 bits per heavy atom. The van der Waals surface area contributed by atoms with Crippen LogP contribution in [0.15, 0.2) is 12.1 Å². The minimum Gasteiger partial charge on any atom is -0.355 e. The van der Waals surface area contributed by atoms with Crippen LogP contribution in [0.25, 0.3) is 0 Å². The third-order valence-electron chi connectivity index (χ3n) is 3.93. The zero-order chi connectivity index (χ0) is 14.5. The van der Waals surface area contributed by atoms with E-state index < -0.39 is 0 Å². The van der Waals surface area contributed by atoms with Crippen molar-refractivity contribution in [3.8, 4) is 0 Å². The summed E-state index contributed by atoms with van der Waals surface area (Å²) in [6.45, 7) is 9.84. The maximum absolute atomic E-state index is 4.82. The summed E-state index contributed by atoms with van der Waals surface area (Å²) < 4.78 is 0. The quantitative estimate of drug-likeness (QED) is 0.817. The average molecular weight is 263 g/mol. The molecule has 1 aromatic rings. The largest absolute Gasteiger partial charge is 0.355 e. The first-order chi connectivity index (χ1) is 8.94. The fourth-order valence-corrected chi connectivity index (χ4v) is 2.04. The molecule has 0 bridgehead atoms. The van der Waals surface area contributed by atoms with Gasteiger partial charge in [0.25, 0.3) is 0 Å². The molecule has 1 rings (SSSR count). The summed E-state index contributed by atoms with van der Waals surface area (Å²) in [6, 6.07) is 4.42. The zero-order valence-corrected chi connectivity index (χ0v) is 13.4. The highest BCUT2D eigenvalue weighted by molar-refractivity contribution is 5.44. The SMILES string of the molecule is CCCc1cc(CNC)cc(N(C)C(C)(C)CC)n1. The fourth-order valence-electron chi connectivity index (χ4n) is 2.04. The van der Waals surface area contributed by atoms with Crippen molar-refractivity contribution in [2.24, 2.45) is 0 Å². The normalized spacial score (nSPS) is 11.7. The van der Waals surface area contributed by atoms with E-state index in [4.69, 9.17) is 4.98 Å². The summed E-state index contributed by atoms with van der Waals surface area (Å²) in [7, 11) is 4.13. The van der Waals surface area contributed by atoms with Gasteiger partial charge in [0.15, 0.2) is 0 Å². The lowest BCUT2D eigenvalue weighted by atomic mass is 9.99. The molecular formula is C16H29N3. The van der Waals surface area contributed by atoms with Crippen molar-refractivity contribution in [3.05, 3.63) is 23.4 Å². The van der Waals surface area contributed by atoms with E-state index in [-0.39, 0.29) is 5.54 Å². The number of nitrogens with zero attached hydrogens (tertiary/aromatic N) is 2. The Balaban J connectivity index is 3.11. The van der Waals surface area contributed by atoms with Crippen molar-refractivity contribution in [2.45, 2.75) is 59.0 Å². The van der Waals surface area contributed by atoms with Crippen molar-refractivity contribution in [3.63, 3.8) is 0 Å². The molecule has 0 amide bonds. The maximum atomic E-state index is 4.82. The summed E-state index contributed by atoms with van der Waals surface area (Å²) in [4.78, 5) is 7.11. The molecular weight excluding hydrogens is 234 g/mol. The van der Waals surface area contributed by atoms with Gasteiger partial charge in [0.2, 0.25) is 0 Å². The summed E-state index contributed by atoms with van der Waals surface area (Å²) in [6.07, 6.45) is 3.28. The molecule has 3 nitrogen and oxygen atoms in total. The van der Waals surface area contributed by atoms with Crippen LogP contribution in [-0.2, 0) is 13.0 Å². The second kappa shape index (κ2) is 6.90. The minimum absolute atomic E-state index is 0.134. The van der Waals surface area contributed by atoms with Crippen LogP contribution < -0.4 is 10.2 Å². The third-order valence-corrected chi connectivity index (χ3v) is 3.93. The Morgan fingerprint density at radius 3 is 2.47 bits per heavy atom. The van der Waals surface area contributed by atoms with E-state index in [9.17, 15) is 0 Å². The summed E-state index contributed by atoms with van der Waals surface area (Å²) in [5, 5.41) is 3.23. The summed E-state index contributed by atoms with van der Waals surface area (Å²) in [5.41, 5.74) is 2.65. The van der Waals surface area contributed by atoms with Gasteiger partial charge in [0.05, 0.1) is 0 Å². The van der Waals surface area contributed by atoms with Crippen LogP contribution >= 0.6 is 0 Å². The van der Waals surface area contributed by atoms with Gasteiger partial charge in [-0.25, -0.2) is 4.98 Å². The molecule has 19 heavy (non-hydrogen) atoms. The second-order valence-corrected chi connectivity index (χ2v) is 5.83. The van der Waals surface area contributed by atoms with Crippen LogP contribution in [0.2, 0.25) is 0 Å². The number of pyridine rings is 1. The molecule has 0 radical (unpaired) electrons. The van der Waals surface area contributed by atoms with E-state index in [1.165, 1.54) is 11.3 Å². The standard InChI is InChI=1S/C16H29N3/c1-7-9-14-10-13(12-17-5)11-15(18-14)19(6)16(3,4)8-2/h10-11,17H,7-9,12H2,1-6H3. The van der Waals surface area contributed by atoms with Gasteiger partial charge >= 0.3 is 0 Å². The van der Waals surface area contributed by atoms with Gasteiger partial charge in [-0.3, -0.25) is 0 Å². The molecule has 0 aromatic carbocycles. The highest BCUT2D eigenvalue weighted by Crippen LogP contribution is 2.24. The van der Waals surface area contributed by atoms with Crippen LogP contribution in [0.1, 0.15) is 51.8 Å². The topological polar surface area (TPSA) is 28.2 Å². The van der Waals surface area contributed by atoms with Gasteiger partial charge in [-0.15, -0.1) is 0 Å². The van der Waals surface area contributed by atoms with Gasteiger partial charge in [0.1, 0.15) is 5.82 Å². The number of aromatic nitrogens is 1. The molecule has 0 aliphatic rings. The monoisotopic (exact) mass is 263 g/mol. The fraction of sp³-hybridized carbons (Fsp3) is 0.688. The number of anilines is 1. The van der Waals surface area contributed by atoms with Crippen LogP contribution in [-0.4, -0.2) is 24.6 Å². The van der Waals surface area contributed by atoms with E-state index in [0.29, 0.717) is 0 Å². The second-order valence-electron chi connectivity index (χ2n) is 5.83. The van der Waals surface area contributed by atoms with Crippen molar-refractivity contribution in [1.29, 1.82) is 0 Å². The number of aryl methyl sites for hydroxylation is 1. The number of rotatable bonds is 7. The molecule has 0 unspecified atom stereocenters. The molecule has 1 aromatic heterocycles. The Kier molecular flexibility index (Phi) is 5.80. The van der Waals surface area contributed by atoms with Crippen LogP contribution in [0.3, 0.4) is 0 Å². The first kappa shape index (κ1) is 16.0. The lowest BCUT2D eigenvalue weighted by molar-refractivity contribution is 0.466. The van der Waals surface area contributed by atoms with Crippen LogP contribution in [0.4, 0.5) is 5.82 Å². The lowest BCUT2D eigenvalue weighted by Gasteiger charge is -2.36. The average Bonchev–Trinajstić information content (AvgIpc) is 2.38. The van der Waals surface area contributed by atoms with Gasteiger partial charge in [-0.05, 0) is 51.4 Å². The van der Waals surface area contributed by atoms with Gasteiger partial charge in [-0.1, -0.05) is 20.3 Å². The Hall–Kier alpha value is -1.09. The summed E-state index contributed by atoms with van der Waals surface area (Å²) >= 11 is 0. The van der Waals surface area contributed by atoms with Crippen molar-refractivity contribution in [2.75, 3.05) is 19.0 Å². The lowest BCUT2D eigenvalue weighted by Crippen LogP contribution is -2.41. The van der Waals surface area contributed by atoms with Gasteiger partial charge < -0.3 is 10.2 Å². The molecule has 0 saturated heterocycles. The van der Waals surface area contributed by atoms with E-state index >= 15 is 0 Å². The van der Waals surface area contributed by atoms with E-state index in [2.05, 4.69) is 57.1 Å². The molecule has 0 fully saturated rings. The van der Waals surface area contributed by atoms with Crippen LogP contribution in [0.5, 0.6) is 0 Å². The maximum Gasteiger partial charge on any atom is 0.129 e. The predicted octanol–water partition coefficient (Wildman–Crippen LogP) is 3.38. The van der Waals surface area contributed by atoms with Gasteiger partial charge in [0, 0.05) is 24.8 Å². The Morgan fingerprint density at radius 1 is 1.26 bits per heavy atom. The van der Waals surface area contributed by atoms with Crippen molar-refractivity contribution < 1.29 is 0 Å². The van der Waals surface area contributed by atoms with E-state index in [0.717, 1.165) is 31.6 Å². The molecule has 3 heteroatoms. The van der Waals surface area contributed by atoms with Crippen molar-refractivity contribution >= 4 is 5.82 Å². The van der Waals surface area contributed by atoms with E-state index in [1.54, 1.807) is 0 Å². The number of hydrogen-bond donors (Lipinski definition) is 1. The molecule has 0 aliphatic heterocycles. The first-order valence-electron chi connectivity index (χ1n) is 7.32. The van der Waals surface area contributed by atoms with Crippen molar-refractivity contribution in [1.82, 2.24) is 10.3 Å². The molecule has 0 aliphatic carbocycles. The number of hydrogen-bond acceptors (Lipinski definition) is 3. The molecule has 0 atom stereocenters. The number of nitrogens with one attached hydrogen (secondary N) is 1. The van der Waals surface area contributed by atoms with E-state index in [1.807, 2.05) is 7.05 Å². The Labute approximate surface area is 118 Å². The predicted molar refractivity (Wildman–Crippen MR) is 83.8 cm³/mol. The van der Waals surface area contributed by atoms with Gasteiger partial charge in [-0.2, -0.15) is 0 Å². The molecule has 108 valence electrons. The highest BCUT2D eigenvalue weighted by atomic mass is 15.2. The summed E-state index contributed by atoms with van der Waals surface area (Å²) in [5.74, 6) is 1.09. The van der Waals surface area contributed by atoms with Crippen LogP contribution in [0, 0.1) is 0 Å². The third kappa shape index (κ3) is 4.20. The molecule has 1 N–H and O–H groups in total. The smallest absolute Gasteiger partial charge is 0.129 e. The molecule has 1 heterocycles. The Bertz CT molecular complexity index is 375.